The molecule has 0 aliphatic carbocycles. The summed E-state index contributed by atoms with van der Waals surface area (Å²) < 4.78 is 2.10. The lowest BCUT2D eigenvalue weighted by molar-refractivity contribution is -0.116. The van der Waals surface area contributed by atoms with E-state index in [1.165, 1.54) is 0 Å². The topological polar surface area (TPSA) is 62.2 Å². The molecule has 34 heavy (non-hydrogen) atoms. The van der Waals surface area contributed by atoms with Crippen LogP contribution in [0.2, 0.25) is 0 Å². The minimum Gasteiger partial charge on any atom is -0.352 e. The van der Waals surface area contributed by atoms with Crippen molar-refractivity contribution in [2.24, 2.45) is 0 Å². The SMILES string of the molecule is O=C(CCN1C(=S)N[C@@H](c2ccccn2)[C@H]1c1ccn(-c2ccccc2)c1)Nc1ccccc1. The van der Waals surface area contributed by atoms with Crippen LogP contribution in [0.3, 0.4) is 0 Å². The molecular formula is C27H25N5OS. The molecule has 3 heterocycles. The molecule has 5 rings (SSSR count). The highest BCUT2D eigenvalue weighted by Gasteiger charge is 2.40. The molecule has 170 valence electrons. The molecule has 1 aliphatic rings. The summed E-state index contributed by atoms with van der Waals surface area (Å²) in [6.45, 7) is 0.495. The van der Waals surface area contributed by atoms with E-state index in [2.05, 4.69) is 55.7 Å². The Morgan fingerprint density at radius 3 is 2.44 bits per heavy atom. The van der Waals surface area contributed by atoms with Crippen molar-refractivity contribution < 1.29 is 4.79 Å². The molecule has 6 nitrogen and oxygen atoms in total. The van der Waals surface area contributed by atoms with Crippen molar-refractivity contribution >= 4 is 28.9 Å². The van der Waals surface area contributed by atoms with Crippen LogP contribution in [-0.4, -0.2) is 32.0 Å². The van der Waals surface area contributed by atoms with Gasteiger partial charge in [-0.15, -0.1) is 0 Å². The van der Waals surface area contributed by atoms with Gasteiger partial charge in [0.15, 0.2) is 5.11 Å². The van der Waals surface area contributed by atoms with Crippen LogP contribution in [0.1, 0.15) is 29.8 Å². The third-order valence-corrected chi connectivity index (χ3v) is 6.30. The maximum atomic E-state index is 12.6. The summed E-state index contributed by atoms with van der Waals surface area (Å²) in [6.07, 6.45) is 6.30. The first-order valence-electron chi connectivity index (χ1n) is 11.3. The van der Waals surface area contributed by atoms with Gasteiger partial charge >= 0.3 is 0 Å². The first kappa shape index (κ1) is 21.9. The van der Waals surface area contributed by atoms with Crippen LogP contribution in [-0.2, 0) is 4.79 Å². The molecule has 4 aromatic rings. The number of rotatable bonds is 7. The number of para-hydroxylation sites is 2. The van der Waals surface area contributed by atoms with Gasteiger partial charge in [0.2, 0.25) is 5.91 Å². The minimum atomic E-state index is -0.113. The molecule has 7 heteroatoms. The Balaban J connectivity index is 1.40. The zero-order valence-corrected chi connectivity index (χ0v) is 19.4. The van der Waals surface area contributed by atoms with Gasteiger partial charge in [-0.25, -0.2) is 0 Å². The second-order valence-corrected chi connectivity index (χ2v) is 8.56. The molecule has 0 saturated carbocycles. The number of carbonyl (C=O) groups excluding carboxylic acids is 1. The van der Waals surface area contributed by atoms with Crippen molar-refractivity contribution in [1.29, 1.82) is 0 Å². The Morgan fingerprint density at radius 1 is 0.971 bits per heavy atom. The molecule has 0 unspecified atom stereocenters. The second kappa shape index (κ2) is 9.89. The van der Waals surface area contributed by atoms with Crippen molar-refractivity contribution in [3.63, 3.8) is 0 Å². The Bertz CT molecular complexity index is 1260. The Hall–Kier alpha value is -3.97. The van der Waals surface area contributed by atoms with E-state index in [1.807, 2.05) is 66.7 Å². The van der Waals surface area contributed by atoms with E-state index in [0.717, 1.165) is 22.6 Å². The molecule has 0 radical (unpaired) electrons. The summed E-state index contributed by atoms with van der Waals surface area (Å²) in [7, 11) is 0. The van der Waals surface area contributed by atoms with Crippen molar-refractivity contribution in [3.05, 3.63) is 115 Å². The van der Waals surface area contributed by atoms with Gasteiger partial charge in [0.1, 0.15) is 0 Å². The number of anilines is 1. The summed E-state index contributed by atoms with van der Waals surface area (Å²) in [5.41, 5.74) is 3.90. The zero-order valence-electron chi connectivity index (χ0n) is 18.5. The highest BCUT2D eigenvalue weighted by Crippen LogP contribution is 2.39. The quantitative estimate of drug-likeness (QED) is 0.380. The molecule has 2 aromatic carbocycles. The lowest BCUT2D eigenvalue weighted by Gasteiger charge is -2.27. The van der Waals surface area contributed by atoms with Crippen LogP contribution in [0.4, 0.5) is 5.69 Å². The van der Waals surface area contributed by atoms with Crippen LogP contribution >= 0.6 is 12.2 Å². The molecule has 1 amide bonds. The third kappa shape index (κ3) is 4.70. The van der Waals surface area contributed by atoms with Crippen LogP contribution in [0.25, 0.3) is 5.69 Å². The van der Waals surface area contributed by atoms with Gasteiger partial charge in [0.25, 0.3) is 0 Å². The largest absolute Gasteiger partial charge is 0.352 e. The average molecular weight is 468 g/mol. The highest BCUT2D eigenvalue weighted by atomic mass is 32.1. The van der Waals surface area contributed by atoms with E-state index in [9.17, 15) is 4.79 Å². The Labute approximate surface area is 204 Å². The molecule has 0 bridgehead atoms. The number of nitrogens with one attached hydrogen (secondary N) is 2. The predicted octanol–water partition coefficient (Wildman–Crippen LogP) is 4.87. The average Bonchev–Trinajstić information content (AvgIpc) is 3.49. The third-order valence-electron chi connectivity index (χ3n) is 5.95. The van der Waals surface area contributed by atoms with Gasteiger partial charge in [0.05, 0.1) is 17.8 Å². The van der Waals surface area contributed by atoms with E-state index >= 15 is 0 Å². The molecule has 2 aromatic heterocycles. The normalized spacial score (nSPS) is 17.4. The zero-order chi connectivity index (χ0) is 23.3. The monoisotopic (exact) mass is 467 g/mol. The fraction of sp³-hybridized carbons (Fsp3) is 0.148. The maximum Gasteiger partial charge on any atom is 0.226 e. The van der Waals surface area contributed by atoms with Gasteiger partial charge in [-0.05, 0) is 60.2 Å². The van der Waals surface area contributed by atoms with E-state index in [-0.39, 0.29) is 18.0 Å². The summed E-state index contributed by atoms with van der Waals surface area (Å²) >= 11 is 5.73. The molecule has 1 aliphatic heterocycles. The van der Waals surface area contributed by atoms with Crippen LogP contribution in [0.15, 0.2) is 104 Å². The number of aromatic nitrogens is 2. The van der Waals surface area contributed by atoms with E-state index < -0.39 is 0 Å². The van der Waals surface area contributed by atoms with Crippen LogP contribution < -0.4 is 10.6 Å². The summed E-state index contributed by atoms with van der Waals surface area (Å²) in [5.74, 6) is -0.0455. The number of pyridine rings is 1. The standard InChI is InChI=1S/C27H25N5OS/c33-24(29-21-9-3-1-4-10-21)15-18-32-26(25(30-27(32)34)23-13-7-8-16-28-23)20-14-17-31(19-20)22-11-5-2-6-12-22/h1-14,16-17,19,25-26H,15,18H2,(H,29,33)(H,30,34)/t25-,26+/m0/s1. The maximum absolute atomic E-state index is 12.6. The lowest BCUT2D eigenvalue weighted by Crippen LogP contribution is -2.32. The fourth-order valence-electron chi connectivity index (χ4n) is 4.33. The van der Waals surface area contributed by atoms with Crippen molar-refractivity contribution in [1.82, 2.24) is 19.8 Å². The number of hydrogen-bond acceptors (Lipinski definition) is 3. The van der Waals surface area contributed by atoms with Crippen molar-refractivity contribution in [3.8, 4) is 5.69 Å². The van der Waals surface area contributed by atoms with Crippen LogP contribution in [0, 0.1) is 0 Å². The first-order valence-corrected chi connectivity index (χ1v) is 11.7. The lowest BCUT2D eigenvalue weighted by atomic mass is 9.99. The number of thiocarbonyl (C=S) groups is 1. The van der Waals surface area contributed by atoms with Gasteiger partial charge < -0.3 is 20.1 Å². The number of amides is 1. The molecule has 2 N–H and O–H groups in total. The smallest absolute Gasteiger partial charge is 0.226 e. The fourth-order valence-corrected chi connectivity index (χ4v) is 4.66. The predicted molar refractivity (Wildman–Crippen MR) is 138 cm³/mol. The molecule has 2 atom stereocenters. The molecule has 0 spiro atoms. The number of benzene rings is 2. The molecule has 1 fully saturated rings. The van der Waals surface area contributed by atoms with E-state index in [0.29, 0.717) is 18.1 Å². The summed E-state index contributed by atoms with van der Waals surface area (Å²) in [4.78, 5) is 19.3. The minimum absolute atomic E-state index is 0.0455. The van der Waals surface area contributed by atoms with Gasteiger partial charge in [-0.1, -0.05) is 42.5 Å². The Kier molecular flexibility index (Phi) is 6.35. The number of hydrogen-bond donors (Lipinski definition) is 2. The number of nitrogens with zero attached hydrogens (tertiary/aromatic N) is 3. The van der Waals surface area contributed by atoms with Crippen molar-refractivity contribution in [2.45, 2.75) is 18.5 Å². The van der Waals surface area contributed by atoms with Gasteiger partial charge in [-0.2, -0.15) is 0 Å². The molecular weight excluding hydrogens is 442 g/mol. The Morgan fingerprint density at radius 2 is 1.71 bits per heavy atom. The van der Waals surface area contributed by atoms with Crippen molar-refractivity contribution in [2.75, 3.05) is 11.9 Å². The van der Waals surface area contributed by atoms with Crippen LogP contribution in [0.5, 0.6) is 0 Å². The number of carbonyl (C=O) groups is 1. The second-order valence-electron chi connectivity index (χ2n) is 8.17. The first-order chi connectivity index (χ1) is 16.7. The highest BCUT2D eigenvalue weighted by molar-refractivity contribution is 7.80. The molecule has 1 saturated heterocycles. The van der Waals surface area contributed by atoms with E-state index in [4.69, 9.17) is 12.2 Å². The van der Waals surface area contributed by atoms with Gasteiger partial charge in [0, 0.05) is 42.9 Å². The summed E-state index contributed by atoms with van der Waals surface area (Å²) in [5, 5.41) is 7.03. The summed E-state index contributed by atoms with van der Waals surface area (Å²) in [6, 6.07) is 27.5. The van der Waals surface area contributed by atoms with Gasteiger partial charge in [-0.3, -0.25) is 9.78 Å². The van der Waals surface area contributed by atoms with E-state index in [1.54, 1.807) is 6.20 Å².